The van der Waals surface area contributed by atoms with Crippen LogP contribution in [0.15, 0.2) is 60.9 Å². The van der Waals surface area contributed by atoms with E-state index in [4.69, 9.17) is 16.0 Å². The first-order valence-electron chi connectivity index (χ1n) is 8.92. The maximum absolute atomic E-state index is 13.0. The molecule has 0 N–H and O–H groups in total. The van der Waals surface area contributed by atoms with Crippen molar-refractivity contribution in [2.45, 2.75) is 28.1 Å². The van der Waals surface area contributed by atoms with Gasteiger partial charge in [-0.05, 0) is 35.6 Å². The first kappa shape index (κ1) is 20.5. The summed E-state index contributed by atoms with van der Waals surface area (Å²) in [7, 11) is 0. The van der Waals surface area contributed by atoms with Gasteiger partial charge in [0.15, 0.2) is 8.68 Å². The highest BCUT2D eigenvalue weighted by molar-refractivity contribution is 8.03. The number of nitrogens with zero attached hydrogens (tertiary/aromatic N) is 4. The van der Waals surface area contributed by atoms with Gasteiger partial charge in [-0.3, -0.25) is 4.79 Å². The first-order valence-corrected chi connectivity index (χ1v) is 12.1. The van der Waals surface area contributed by atoms with Crippen LogP contribution in [-0.4, -0.2) is 38.3 Å². The van der Waals surface area contributed by atoms with Gasteiger partial charge >= 0.3 is 0 Å². The fourth-order valence-electron chi connectivity index (χ4n) is 2.89. The standard InChI is InChI=1S/C19H17ClN4O2S3/c1-2-27-18-21-22-19(29-18)28-11-17(25)24-15(16-4-3-9-26-16)10-14(23-24)12-5-7-13(20)8-6-12/h3-9,15H,2,10-11H2,1H3. The van der Waals surface area contributed by atoms with Crippen molar-refractivity contribution in [2.24, 2.45) is 5.10 Å². The normalized spacial score (nSPS) is 16.3. The Kier molecular flexibility index (Phi) is 6.59. The van der Waals surface area contributed by atoms with Gasteiger partial charge in [0.2, 0.25) is 0 Å². The Morgan fingerprint density at radius 3 is 2.69 bits per heavy atom. The average Bonchev–Trinajstić information content (AvgIpc) is 3.47. The monoisotopic (exact) mass is 464 g/mol. The molecule has 0 bridgehead atoms. The smallest absolute Gasteiger partial charge is 0.253 e. The Bertz CT molecular complexity index is 1000. The molecule has 0 aliphatic carbocycles. The summed E-state index contributed by atoms with van der Waals surface area (Å²) in [5.41, 5.74) is 1.78. The largest absolute Gasteiger partial charge is 0.467 e. The Hall–Kier alpha value is -1.81. The Labute approximate surface area is 185 Å². The van der Waals surface area contributed by atoms with Crippen molar-refractivity contribution in [1.29, 1.82) is 0 Å². The predicted molar refractivity (Wildman–Crippen MR) is 118 cm³/mol. The minimum absolute atomic E-state index is 0.0970. The van der Waals surface area contributed by atoms with E-state index in [1.54, 1.807) is 18.0 Å². The predicted octanol–water partition coefficient (Wildman–Crippen LogP) is 5.37. The van der Waals surface area contributed by atoms with E-state index in [0.29, 0.717) is 17.2 Å². The molecule has 3 aromatic rings. The molecule has 2 aromatic heterocycles. The molecular formula is C19H17ClN4O2S3. The SMILES string of the molecule is CCSc1nnc(SCC(=O)N2N=C(c3ccc(Cl)cc3)CC2c2ccco2)s1. The van der Waals surface area contributed by atoms with Crippen LogP contribution in [0.2, 0.25) is 5.02 Å². The molecule has 1 aliphatic rings. The van der Waals surface area contributed by atoms with Crippen LogP contribution in [0.3, 0.4) is 0 Å². The third kappa shape index (κ3) is 4.85. The third-order valence-corrected chi connectivity index (χ3v) is 7.50. The minimum Gasteiger partial charge on any atom is -0.467 e. The van der Waals surface area contributed by atoms with Crippen LogP contribution in [0.1, 0.15) is 30.7 Å². The number of thioether (sulfide) groups is 2. The van der Waals surface area contributed by atoms with Crippen molar-refractivity contribution < 1.29 is 9.21 Å². The minimum atomic E-state index is -0.260. The number of benzene rings is 1. The number of carbonyl (C=O) groups is 1. The molecule has 4 rings (SSSR count). The van der Waals surface area contributed by atoms with E-state index in [-0.39, 0.29) is 17.7 Å². The highest BCUT2D eigenvalue weighted by Crippen LogP contribution is 2.35. The average molecular weight is 465 g/mol. The van der Waals surface area contributed by atoms with Crippen LogP contribution < -0.4 is 0 Å². The number of rotatable bonds is 7. The van der Waals surface area contributed by atoms with Gasteiger partial charge in [0, 0.05) is 11.4 Å². The molecule has 1 atom stereocenters. The van der Waals surface area contributed by atoms with Crippen molar-refractivity contribution >= 4 is 58.1 Å². The van der Waals surface area contributed by atoms with Gasteiger partial charge in [-0.1, -0.05) is 65.5 Å². The van der Waals surface area contributed by atoms with Crippen molar-refractivity contribution in [1.82, 2.24) is 15.2 Å². The Morgan fingerprint density at radius 2 is 2.00 bits per heavy atom. The van der Waals surface area contributed by atoms with Crippen molar-refractivity contribution in [3.8, 4) is 0 Å². The molecule has 0 radical (unpaired) electrons. The summed E-state index contributed by atoms with van der Waals surface area (Å²) >= 11 is 10.5. The van der Waals surface area contributed by atoms with Crippen molar-refractivity contribution in [3.63, 3.8) is 0 Å². The summed E-state index contributed by atoms with van der Waals surface area (Å²) in [6.07, 6.45) is 2.20. The maximum Gasteiger partial charge on any atom is 0.253 e. The molecule has 10 heteroatoms. The van der Waals surface area contributed by atoms with E-state index < -0.39 is 0 Å². The molecule has 1 aromatic carbocycles. The van der Waals surface area contributed by atoms with Crippen LogP contribution in [0.25, 0.3) is 0 Å². The zero-order chi connectivity index (χ0) is 20.2. The zero-order valence-corrected chi connectivity index (χ0v) is 18.7. The van der Waals surface area contributed by atoms with Crippen LogP contribution in [0, 0.1) is 0 Å². The number of carbonyl (C=O) groups excluding carboxylic acids is 1. The van der Waals surface area contributed by atoms with Crippen LogP contribution >= 0.6 is 46.5 Å². The molecule has 1 amide bonds. The van der Waals surface area contributed by atoms with Gasteiger partial charge in [-0.15, -0.1) is 10.2 Å². The molecule has 3 heterocycles. The highest BCUT2D eigenvalue weighted by atomic mass is 35.5. The third-order valence-electron chi connectivity index (χ3n) is 4.19. The molecule has 0 saturated heterocycles. The second kappa shape index (κ2) is 9.34. The van der Waals surface area contributed by atoms with E-state index in [1.165, 1.54) is 28.1 Å². The summed E-state index contributed by atoms with van der Waals surface area (Å²) in [6.45, 7) is 2.07. The molecule has 29 heavy (non-hydrogen) atoms. The number of hydrazone groups is 1. The van der Waals surface area contributed by atoms with E-state index in [9.17, 15) is 4.79 Å². The lowest BCUT2D eigenvalue weighted by atomic mass is 10.0. The number of hydrogen-bond donors (Lipinski definition) is 0. The lowest BCUT2D eigenvalue weighted by Crippen LogP contribution is -2.28. The Balaban J connectivity index is 1.50. The summed E-state index contributed by atoms with van der Waals surface area (Å²) in [6, 6.07) is 10.9. The molecule has 0 saturated carbocycles. The summed E-state index contributed by atoms with van der Waals surface area (Å²) in [4.78, 5) is 13.0. The number of hydrogen-bond acceptors (Lipinski definition) is 8. The molecule has 6 nitrogen and oxygen atoms in total. The van der Waals surface area contributed by atoms with Gasteiger partial charge < -0.3 is 4.42 Å². The van der Waals surface area contributed by atoms with Crippen LogP contribution in [0.4, 0.5) is 0 Å². The quantitative estimate of drug-likeness (QED) is 0.438. The molecule has 0 fully saturated rings. The summed E-state index contributed by atoms with van der Waals surface area (Å²) in [5, 5.41) is 15.1. The molecular weight excluding hydrogens is 448 g/mol. The highest BCUT2D eigenvalue weighted by Gasteiger charge is 2.34. The number of furan rings is 1. The van der Waals surface area contributed by atoms with Gasteiger partial charge in [0.1, 0.15) is 11.8 Å². The fraction of sp³-hybridized carbons (Fsp3) is 0.263. The van der Waals surface area contributed by atoms with E-state index in [0.717, 1.165) is 25.7 Å². The van der Waals surface area contributed by atoms with Crippen LogP contribution in [0.5, 0.6) is 0 Å². The summed E-state index contributed by atoms with van der Waals surface area (Å²) < 4.78 is 7.28. The lowest BCUT2D eigenvalue weighted by molar-refractivity contribution is -0.130. The Morgan fingerprint density at radius 1 is 1.24 bits per heavy atom. The van der Waals surface area contributed by atoms with Gasteiger partial charge in [0.25, 0.3) is 5.91 Å². The molecule has 1 unspecified atom stereocenters. The second-order valence-corrected chi connectivity index (χ2v) is 10.2. The van der Waals surface area contributed by atoms with E-state index in [2.05, 4.69) is 22.2 Å². The molecule has 1 aliphatic heterocycles. The van der Waals surface area contributed by atoms with E-state index in [1.807, 2.05) is 36.4 Å². The second-order valence-electron chi connectivity index (χ2n) is 6.08. The number of amides is 1. The molecule has 0 spiro atoms. The van der Waals surface area contributed by atoms with E-state index >= 15 is 0 Å². The van der Waals surface area contributed by atoms with Crippen molar-refractivity contribution in [2.75, 3.05) is 11.5 Å². The number of halogens is 1. The lowest BCUT2D eigenvalue weighted by Gasteiger charge is -2.19. The maximum atomic E-state index is 13.0. The van der Waals surface area contributed by atoms with Gasteiger partial charge in [-0.2, -0.15) is 5.10 Å². The topological polar surface area (TPSA) is 71.6 Å². The van der Waals surface area contributed by atoms with Gasteiger partial charge in [0.05, 0.1) is 17.7 Å². The van der Waals surface area contributed by atoms with Gasteiger partial charge in [-0.25, -0.2) is 5.01 Å². The molecule has 150 valence electrons. The first-order chi connectivity index (χ1) is 14.1. The fourth-order valence-corrected chi connectivity index (χ4v) is 5.78. The van der Waals surface area contributed by atoms with Crippen LogP contribution in [-0.2, 0) is 4.79 Å². The van der Waals surface area contributed by atoms with Crippen molar-refractivity contribution in [3.05, 3.63) is 59.0 Å². The number of aromatic nitrogens is 2. The summed E-state index contributed by atoms with van der Waals surface area (Å²) in [5.74, 6) is 1.80. The zero-order valence-electron chi connectivity index (χ0n) is 15.4.